The molecule has 2 heteroatoms. The van der Waals surface area contributed by atoms with Crippen molar-refractivity contribution in [3.63, 3.8) is 0 Å². The molecule has 0 bridgehead atoms. The molecule has 1 aromatic rings. The normalized spacial score (nSPS) is 10.1. The minimum atomic E-state index is 0.166. The molecule has 0 N–H and O–H groups in total. The molecule has 0 aliphatic carbocycles. The fourth-order valence-electron chi connectivity index (χ4n) is 1.33. The Kier molecular flexibility index (Phi) is 3.49. The number of halogens is 1. The van der Waals surface area contributed by atoms with E-state index in [1.54, 1.807) is 0 Å². The number of carbonyl (C=O) groups is 1. The van der Waals surface area contributed by atoms with Crippen LogP contribution in [-0.4, -0.2) is 5.78 Å². The van der Waals surface area contributed by atoms with E-state index in [4.69, 9.17) is 11.6 Å². The first-order valence-electron chi connectivity index (χ1n) is 4.38. The molecule has 0 saturated carbocycles. The summed E-state index contributed by atoms with van der Waals surface area (Å²) in [6.45, 7) is 3.84. The third-order valence-electron chi connectivity index (χ3n) is 2.17. The molecule has 0 radical (unpaired) electrons. The predicted molar refractivity (Wildman–Crippen MR) is 55.4 cm³/mol. The summed E-state index contributed by atoms with van der Waals surface area (Å²) in [5.41, 5.74) is 2.84. The minimum Gasteiger partial charge on any atom is -0.294 e. The molecule has 0 saturated heterocycles. The maximum atomic E-state index is 11.5. The monoisotopic (exact) mass is 196 g/mol. The van der Waals surface area contributed by atoms with Crippen molar-refractivity contribution in [3.05, 3.63) is 34.9 Å². The van der Waals surface area contributed by atoms with Gasteiger partial charge in [0, 0.05) is 17.9 Å². The number of rotatable bonds is 3. The van der Waals surface area contributed by atoms with Crippen LogP contribution in [0.15, 0.2) is 18.2 Å². The summed E-state index contributed by atoms with van der Waals surface area (Å²) in [7, 11) is 0. The van der Waals surface area contributed by atoms with Crippen LogP contribution < -0.4 is 0 Å². The molecule has 0 fully saturated rings. The summed E-state index contributed by atoms with van der Waals surface area (Å²) < 4.78 is 0. The third-order valence-corrected chi connectivity index (χ3v) is 2.43. The van der Waals surface area contributed by atoms with Gasteiger partial charge < -0.3 is 0 Å². The molecule has 13 heavy (non-hydrogen) atoms. The van der Waals surface area contributed by atoms with Crippen LogP contribution in [0.5, 0.6) is 0 Å². The summed E-state index contributed by atoms with van der Waals surface area (Å²) in [6.07, 6.45) is 0.535. The van der Waals surface area contributed by atoms with Crippen LogP contribution in [0.25, 0.3) is 0 Å². The summed E-state index contributed by atoms with van der Waals surface area (Å²) in [5.74, 6) is 0.577. The van der Waals surface area contributed by atoms with Gasteiger partial charge in [0.2, 0.25) is 0 Å². The maximum Gasteiger partial charge on any atom is 0.162 e. The van der Waals surface area contributed by atoms with Gasteiger partial charge >= 0.3 is 0 Å². The van der Waals surface area contributed by atoms with Gasteiger partial charge in [0.05, 0.1) is 0 Å². The van der Waals surface area contributed by atoms with E-state index in [0.717, 1.165) is 16.7 Å². The van der Waals surface area contributed by atoms with Crippen molar-refractivity contribution in [2.45, 2.75) is 26.1 Å². The van der Waals surface area contributed by atoms with Gasteiger partial charge in [-0.1, -0.05) is 25.1 Å². The highest BCUT2D eigenvalue weighted by molar-refractivity contribution is 6.18. The molecule has 0 aromatic heterocycles. The summed E-state index contributed by atoms with van der Waals surface area (Å²) >= 11 is 5.79. The van der Waals surface area contributed by atoms with Crippen LogP contribution in [-0.2, 0) is 5.88 Å². The van der Waals surface area contributed by atoms with Crippen LogP contribution >= 0.6 is 11.6 Å². The first-order valence-corrected chi connectivity index (χ1v) is 4.91. The van der Waals surface area contributed by atoms with Crippen LogP contribution in [0.1, 0.15) is 34.8 Å². The zero-order valence-corrected chi connectivity index (χ0v) is 8.69. The molecular weight excluding hydrogens is 184 g/mol. The second kappa shape index (κ2) is 4.43. The SMILES string of the molecule is CCC(=O)c1cccc(C)c1CCl. The molecule has 0 atom stereocenters. The van der Waals surface area contributed by atoms with E-state index >= 15 is 0 Å². The maximum absolute atomic E-state index is 11.5. The summed E-state index contributed by atoms with van der Waals surface area (Å²) in [4.78, 5) is 11.5. The number of alkyl halides is 1. The van der Waals surface area contributed by atoms with Gasteiger partial charge in [-0.25, -0.2) is 0 Å². The average molecular weight is 197 g/mol. The van der Waals surface area contributed by atoms with Gasteiger partial charge in [0.15, 0.2) is 5.78 Å². The Balaban J connectivity index is 3.20. The van der Waals surface area contributed by atoms with E-state index < -0.39 is 0 Å². The fourth-order valence-corrected chi connectivity index (χ4v) is 1.69. The van der Waals surface area contributed by atoms with Crippen molar-refractivity contribution in [2.24, 2.45) is 0 Å². The quantitative estimate of drug-likeness (QED) is 0.536. The van der Waals surface area contributed by atoms with Crippen molar-refractivity contribution in [2.75, 3.05) is 0 Å². The highest BCUT2D eigenvalue weighted by Crippen LogP contribution is 2.17. The number of benzene rings is 1. The topological polar surface area (TPSA) is 17.1 Å². The lowest BCUT2D eigenvalue weighted by atomic mass is 9.99. The zero-order valence-electron chi connectivity index (χ0n) is 7.93. The Hall–Kier alpha value is -0.820. The van der Waals surface area contributed by atoms with E-state index in [-0.39, 0.29) is 5.78 Å². The molecule has 1 nitrogen and oxygen atoms in total. The zero-order chi connectivity index (χ0) is 9.84. The smallest absolute Gasteiger partial charge is 0.162 e. The van der Waals surface area contributed by atoms with Crippen LogP contribution in [0.4, 0.5) is 0 Å². The molecule has 0 heterocycles. The van der Waals surface area contributed by atoms with E-state index in [1.807, 2.05) is 32.0 Å². The lowest BCUT2D eigenvalue weighted by Crippen LogP contribution is -2.02. The van der Waals surface area contributed by atoms with Crippen molar-refractivity contribution in [3.8, 4) is 0 Å². The van der Waals surface area contributed by atoms with Crippen LogP contribution in [0.2, 0.25) is 0 Å². The lowest BCUT2D eigenvalue weighted by molar-refractivity contribution is 0.0987. The Bertz CT molecular complexity index is 318. The molecule has 0 aliphatic heterocycles. The second-order valence-electron chi connectivity index (χ2n) is 3.01. The van der Waals surface area contributed by atoms with Gasteiger partial charge in [-0.05, 0) is 18.1 Å². The number of ketones is 1. The average Bonchev–Trinajstić information content (AvgIpc) is 2.16. The number of hydrogen-bond donors (Lipinski definition) is 0. The molecule has 70 valence electrons. The molecule has 1 aromatic carbocycles. The predicted octanol–water partition coefficient (Wildman–Crippen LogP) is 3.33. The lowest BCUT2D eigenvalue weighted by Gasteiger charge is -2.07. The van der Waals surface area contributed by atoms with Crippen molar-refractivity contribution in [1.29, 1.82) is 0 Å². The molecule has 1 rings (SSSR count). The van der Waals surface area contributed by atoms with Crippen molar-refractivity contribution >= 4 is 17.4 Å². The second-order valence-corrected chi connectivity index (χ2v) is 3.28. The van der Waals surface area contributed by atoms with Crippen LogP contribution in [0, 0.1) is 6.92 Å². The Morgan fingerprint density at radius 1 is 1.46 bits per heavy atom. The minimum absolute atomic E-state index is 0.166. The van der Waals surface area contributed by atoms with Crippen LogP contribution in [0.3, 0.4) is 0 Å². The van der Waals surface area contributed by atoms with E-state index in [9.17, 15) is 4.79 Å². The van der Waals surface area contributed by atoms with Gasteiger partial charge in [-0.3, -0.25) is 4.79 Å². The highest BCUT2D eigenvalue weighted by Gasteiger charge is 2.09. The van der Waals surface area contributed by atoms with E-state index in [1.165, 1.54) is 0 Å². The number of aryl methyl sites for hydroxylation is 1. The Labute approximate surface area is 83.7 Å². The van der Waals surface area contributed by atoms with Gasteiger partial charge in [0.25, 0.3) is 0 Å². The first-order chi connectivity index (χ1) is 6.20. The fraction of sp³-hybridized carbons (Fsp3) is 0.364. The highest BCUT2D eigenvalue weighted by atomic mass is 35.5. The van der Waals surface area contributed by atoms with Gasteiger partial charge in [-0.15, -0.1) is 11.6 Å². The first kappa shape index (κ1) is 10.3. The molecule has 0 spiro atoms. The standard InChI is InChI=1S/C11H13ClO/c1-3-11(13)9-6-4-5-8(2)10(9)7-12/h4-6H,3,7H2,1-2H3. The van der Waals surface area contributed by atoms with E-state index in [2.05, 4.69) is 0 Å². The summed E-state index contributed by atoms with van der Waals surface area (Å²) in [6, 6.07) is 5.72. The number of carbonyl (C=O) groups excluding carboxylic acids is 1. The summed E-state index contributed by atoms with van der Waals surface area (Å²) in [5, 5.41) is 0. The van der Waals surface area contributed by atoms with Gasteiger partial charge in [0.1, 0.15) is 0 Å². The molecule has 0 aliphatic rings. The molecule has 0 amide bonds. The number of Topliss-reactive ketones (excluding diaryl/α,β-unsaturated/α-hetero) is 1. The Morgan fingerprint density at radius 3 is 2.69 bits per heavy atom. The number of hydrogen-bond acceptors (Lipinski definition) is 1. The van der Waals surface area contributed by atoms with Crippen molar-refractivity contribution in [1.82, 2.24) is 0 Å². The Morgan fingerprint density at radius 2 is 2.15 bits per heavy atom. The van der Waals surface area contributed by atoms with E-state index in [0.29, 0.717) is 12.3 Å². The van der Waals surface area contributed by atoms with Gasteiger partial charge in [-0.2, -0.15) is 0 Å². The third kappa shape index (κ3) is 2.10. The molecular formula is C11H13ClO. The van der Waals surface area contributed by atoms with Crippen molar-refractivity contribution < 1.29 is 4.79 Å². The molecule has 0 unspecified atom stereocenters. The largest absolute Gasteiger partial charge is 0.294 e.